The molecule has 0 bridgehead atoms. The van der Waals surface area contributed by atoms with Crippen LogP contribution in [0.2, 0.25) is 0 Å². The van der Waals surface area contributed by atoms with Crippen molar-refractivity contribution < 1.29 is 0 Å². The predicted molar refractivity (Wildman–Crippen MR) is 126 cm³/mol. The lowest BCUT2D eigenvalue weighted by molar-refractivity contribution is 0.933. The number of rotatable bonds is 3. The van der Waals surface area contributed by atoms with E-state index in [-0.39, 0.29) is 0 Å². The second-order valence-corrected chi connectivity index (χ2v) is 8.34. The molecule has 4 aromatic heterocycles. The van der Waals surface area contributed by atoms with Crippen LogP contribution in [0.1, 0.15) is 50.9 Å². The molecule has 9 heteroatoms. The van der Waals surface area contributed by atoms with Gasteiger partial charge in [0.1, 0.15) is 0 Å². The van der Waals surface area contributed by atoms with Crippen LogP contribution in [0.15, 0.2) is 0 Å². The van der Waals surface area contributed by atoms with Crippen molar-refractivity contribution in [3.8, 4) is 34.9 Å². The summed E-state index contributed by atoms with van der Waals surface area (Å²) in [5.41, 5.74) is 8.35. The molecule has 0 amide bonds. The molecule has 0 radical (unpaired) electrons. The zero-order valence-electron chi connectivity index (χ0n) is 20.5. The van der Waals surface area contributed by atoms with Crippen molar-refractivity contribution in [3.63, 3.8) is 0 Å². The Labute approximate surface area is 193 Å². The van der Waals surface area contributed by atoms with Crippen LogP contribution in [-0.4, -0.2) is 44.9 Å². The molecule has 4 heterocycles. The van der Waals surface area contributed by atoms with Gasteiger partial charge in [0.15, 0.2) is 17.5 Å². The lowest BCUT2D eigenvalue weighted by Gasteiger charge is -2.11. The number of hydrogen-bond acceptors (Lipinski definition) is 9. The van der Waals surface area contributed by atoms with Crippen molar-refractivity contribution in [1.29, 1.82) is 0 Å². The monoisotopic (exact) mass is 441 g/mol. The molecule has 0 spiro atoms. The molecule has 0 aliphatic rings. The van der Waals surface area contributed by atoms with Crippen LogP contribution < -0.4 is 0 Å². The molecule has 0 unspecified atom stereocenters. The first-order chi connectivity index (χ1) is 15.5. The summed E-state index contributed by atoms with van der Waals surface area (Å²) in [6, 6.07) is 0. The van der Waals surface area contributed by atoms with E-state index in [2.05, 4.69) is 44.9 Å². The van der Waals surface area contributed by atoms with Crippen molar-refractivity contribution >= 4 is 0 Å². The van der Waals surface area contributed by atoms with Gasteiger partial charge in [0, 0.05) is 34.2 Å². The molecular formula is C24H27N9. The van der Waals surface area contributed by atoms with Gasteiger partial charge in [0.05, 0.1) is 0 Å². The maximum absolute atomic E-state index is 4.66. The Bertz CT molecular complexity index is 1160. The molecule has 0 saturated carbocycles. The van der Waals surface area contributed by atoms with Gasteiger partial charge in [-0.15, -0.1) is 0 Å². The van der Waals surface area contributed by atoms with Crippen LogP contribution in [-0.2, 0) is 0 Å². The third-order valence-electron chi connectivity index (χ3n) is 6.13. The van der Waals surface area contributed by atoms with Gasteiger partial charge in [0.2, 0.25) is 17.5 Å². The van der Waals surface area contributed by atoms with Gasteiger partial charge in [0.25, 0.3) is 0 Å². The average molecular weight is 442 g/mol. The average Bonchev–Trinajstić information content (AvgIpc) is 2.78. The van der Waals surface area contributed by atoms with Crippen LogP contribution >= 0.6 is 0 Å². The summed E-state index contributed by atoms with van der Waals surface area (Å²) in [7, 11) is 0. The van der Waals surface area contributed by atoms with E-state index in [1.165, 1.54) is 0 Å². The predicted octanol–water partition coefficient (Wildman–Crippen LogP) is 4.02. The highest BCUT2D eigenvalue weighted by Crippen LogP contribution is 2.23. The minimum atomic E-state index is 0.333. The SMILES string of the molecule is Cc1nc(-c2nc(-c3nc(C)c(C)c(C)n3)nc(-c3nc(C)c(C)c(C)n3)n2)nc(C)c1C. The van der Waals surface area contributed by atoms with Gasteiger partial charge in [-0.05, 0) is 79.0 Å². The lowest BCUT2D eigenvalue weighted by atomic mass is 10.2. The Balaban J connectivity index is 2.00. The van der Waals surface area contributed by atoms with Crippen LogP contribution in [0.3, 0.4) is 0 Å². The molecule has 0 aliphatic carbocycles. The smallest absolute Gasteiger partial charge is 0.202 e. The molecule has 0 atom stereocenters. The topological polar surface area (TPSA) is 116 Å². The van der Waals surface area contributed by atoms with Crippen LogP contribution in [0, 0.1) is 62.3 Å². The second-order valence-electron chi connectivity index (χ2n) is 8.34. The summed E-state index contributed by atoms with van der Waals surface area (Å²) in [6.45, 7) is 17.7. The van der Waals surface area contributed by atoms with Crippen molar-refractivity contribution in [2.24, 2.45) is 0 Å². The molecule has 4 aromatic rings. The van der Waals surface area contributed by atoms with E-state index in [1.807, 2.05) is 62.3 Å². The van der Waals surface area contributed by atoms with Gasteiger partial charge in [-0.25, -0.2) is 44.9 Å². The maximum Gasteiger partial charge on any atom is 0.202 e. The molecule has 0 N–H and O–H groups in total. The molecule has 0 aliphatic heterocycles. The third-order valence-corrected chi connectivity index (χ3v) is 6.13. The summed E-state index contributed by atoms with van der Waals surface area (Å²) in [4.78, 5) is 41.7. The first-order valence-corrected chi connectivity index (χ1v) is 10.8. The van der Waals surface area contributed by atoms with Gasteiger partial charge in [-0.3, -0.25) is 0 Å². The number of nitrogens with zero attached hydrogens (tertiary/aromatic N) is 9. The van der Waals surface area contributed by atoms with Gasteiger partial charge in [-0.2, -0.15) is 0 Å². The van der Waals surface area contributed by atoms with Crippen molar-refractivity contribution in [3.05, 3.63) is 50.9 Å². The van der Waals surface area contributed by atoms with E-state index in [1.54, 1.807) is 0 Å². The van der Waals surface area contributed by atoms with Crippen molar-refractivity contribution in [1.82, 2.24) is 44.9 Å². The minimum Gasteiger partial charge on any atom is -0.230 e. The van der Waals surface area contributed by atoms with Gasteiger partial charge < -0.3 is 0 Å². The molecule has 4 rings (SSSR count). The summed E-state index contributed by atoms with van der Waals surface area (Å²) in [6.07, 6.45) is 0. The Morgan fingerprint density at radius 2 is 0.394 bits per heavy atom. The number of aryl methyl sites for hydroxylation is 6. The van der Waals surface area contributed by atoms with Crippen LogP contribution in [0.4, 0.5) is 0 Å². The summed E-state index contributed by atoms with van der Waals surface area (Å²) < 4.78 is 0. The highest BCUT2D eigenvalue weighted by Gasteiger charge is 2.20. The fourth-order valence-electron chi connectivity index (χ4n) is 3.29. The highest BCUT2D eigenvalue weighted by molar-refractivity contribution is 5.58. The van der Waals surface area contributed by atoms with E-state index >= 15 is 0 Å². The molecule has 0 aromatic carbocycles. The van der Waals surface area contributed by atoms with Crippen molar-refractivity contribution in [2.45, 2.75) is 62.3 Å². The summed E-state index contributed by atoms with van der Waals surface area (Å²) in [5.74, 6) is 2.25. The molecule has 168 valence electrons. The van der Waals surface area contributed by atoms with E-state index in [0.29, 0.717) is 34.9 Å². The van der Waals surface area contributed by atoms with E-state index in [0.717, 1.165) is 50.9 Å². The highest BCUT2D eigenvalue weighted by atomic mass is 15.1. The quantitative estimate of drug-likeness (QED) is 0.464. The van der Waals surface area contributed by atoms with Crippen LogP contribution in [0.5, 0.6) is 0 Å². The first-order valence-electron chi connectivity index (χ1n) is 10.8. The van der Waals surface area contributed by atoms with Gasteiger partial charge >= 0.3 is 0 Å². The largest absolute Gasteiger partial charge is 0.230 e. The van der Waals surface area contributed by atoms with Crippen molar-refractivity contribution in [2.75, 3.05) is 0 Å². The summed E-state index contributed by atoms with van der Waals surface area (Å²) >= 11 is 0. The zero-order valence-corrected chi connectivity index (χ0v) is 20.5. The zero-order chi connectivity index (χ0) is 24.0. The van der Waals surface area contributed by atoms with Crippen LogP contribution in [0.25, 0.3) is 34.9 Å². The standard InChI is InChI=1S/C24H27N9/c1-10-13(4)25-19(26-14(10)5)22-31-23(20-27-15(6)11(2)16(7)28-20)33-24(32-22)21-29-17(8)12(3)18(9)30-21/h1-9H3. The Kier molecular flexibility index (Phi) is 5.65. The third kappa shape index (κ3) is 4.18. The Morgan fingerprint density at radius 3 is 0.576 bits per heavy atom. The van der Waals surface area contributed by atoms with Gasteiger partial charge in [-0.1, -0.05) is 0 Å². The Morgan fingerprint density at radius 1 is 0.242 bits per heavy atom. The first kappa shape index (κ1) is 22.4. The molecule has 0 fully saturated rings. The fraction of sp³-hybridized carbons (Fsp3) is 0.375. The van der Waals surface area contributed by atoms with E-state index in [9.17, 15) is 0 Å². The molecule has 0 saturated heterocycles. The number of hydrogen-bond donors (Lipinski definition) is 0. The summed E-state index contributed by atoms with van der Waals surface area (Å²) in [5, 5.41) is 0. The maximum atomic E-state index is 4.66. The normalized spacial score (nSPS) is 11.2. The minimum absolute atomic E-state index is 0.333. The van der Waals surface area contributed by atoms with E-state index < -0.39 is 0 Å². The second kappa shape index (κ2) is 8.31. The molecule has 9 nitrogen and oxygen atoms in total. The fourth-order valence-corrected chi connectivity index (χ4v) is 3.29. The molecular weight excluding hydrogens is 414 g/mol. The number of aromatic nitrogens is 9. The van der Waals surface area contributed by atoms with E-state index in [4.69, 9.17) is 0 Å². The Hall–Kier alpha value is -3.75. The molecule has 33 heavy (non-hydrogen) atoms. The lowest BCUT2D eigenvalue weighted by Crippen LogP contribution is -2.09.